The summed E-state index contributed by atoms with van der Waals surface area (Å²) < 4.78 is 11.0. The Morgan fingerprint density at radius 2 is 2.07 bits per heavy atom. The number of carbonyl (C=O) groups excluding carboxylic acids is 2. The highest BCUT2D eigenvalue weighted by Crippen LogP contribution is 2.33. The molecule has 3 rings (SSSR count). The van der Waals surface area contributed by atoms with E-state index in [1.165, 1.54) is 23.1 Å². The molecule has 1 aliphatic rings. The lowest BCUT2D eigenvalue weighted by Gasteiger charge is -2.33. The predicted molar refractivity (Wildman–Crippen MR) is 95.7 cm³/mol. The third-order valence-corrected chi connectivity index (χ3v) is 4.12. The maximum Gasteiger partial charge on any atom is 0.272 e. The number of benzene rings is 2. The number of amides is 2. The van der Waals surface area contributed by atoms with E-state index in [4.69, 9.17) is 15.2 Å². The number of ether oxygens (including phenoxy) is 2. The van der Waals surface area contributed by atoms with E-state index < -0.39 is 22.8 Å². The molecule has 2 amide bonds. The Kier molecular flexibility index (Phi) is 4.93. The molecule has 1 atom stereocenters. The van der Waals surface area contributed by atoms with E-state index in [2.05, 4.69) is 0 Å². The standard InChI is InChI=1S/C18H17N3O6/c1-11-8-12(6-7-13(11)21(24)25)26-10-17(22)20-9-16(18(19)23)27-15-5-3-2-4-14(15)20/h2-8,16H,9-10H2,1H3,(H2,19,23). The molecule has 0 fully saturated rings. The van der Waals surface area contributed by atoms with Crippen molar-refractivity contribution in [3.8, 4) is 11.5 Å². The number of nitrogens with two attached hydrogens (primary N) is 1. The van der Waals surface area contributed by atoms with E-state index in [-0.39, 0.29) is 18.8 Å². The van der Waals surface area contributed by atoms with Gasteiger partial charge in [-0.3, -0.25) is 19.7 Å². The number of fused-ring (bicyclic) bond motifs is 1. The number of nitro benzene ring substituents is 1. The van der Waals surface area contributed by atoms with E-state index in [0.29, 0.717) is 22.7 Å². The van der Waals surface area contributed by atoms with Crippen LogP contribution in [0.15, 0.2) is 42.5 Å². The van der Waals surface area contributed by atoms with Crippen LogP contribution in [-0.4, -0.2) is 36.0 Å². The van der Waals surface area contributed by atoms with Gasteiger partial charge in [-0.15, -0.1) is 0 Å². The van der Waals surface area contributed by atoms with Gasteiger partial charge in [0, 0.05) is 11.6 Å². The average Bonchev–Trinajstić information content (AvgIpc) is 2.64. The SMILES string of the molecule is Cc1cc(OCC(=O)N2CC(C(N)=O)Oc3ccccc32)ccc1[N+](=O)[O-]. The number of nitrogens with zero attached hydrogens (tertiary/aromatic N) is 2. The molecule has 0 aromatic heterocycles. The topological polar surface area (TPSA) is 125 Å². The van der Waals surface area contributed by atoms with Gasteiger partial charge in [-0.25, -0.2) is 0 Å². The van der Waals surface area contributed by atoms with Gasteiger partial charge >= 0.3 is 0 Å². The van der Waals surface area contributed by atoms with Gasteiger partial charge < -0.3 is 20.1 Å². The summed E-state index contributed by atoms with van der Waals surface area (Å²) in [6.45, 7) is 1.26. The normalized spacial score (nSPS) is 15.4. The zero-order chi connectivity index (χ0) is 19.6. The number of para-hydroxylation sites is 2. The molecule has 1 aliphatic heterocycles. The Morgan fingerprint density at radius 3 is 2.74 bits per heavy atom. The fourth-order valence-corrected chi connectivity index (χ4v) is 2.76. The molecule has 9 nitrogen and oxygen atoms in total. The van der Waals surface area contributed by atoms with E-state index >= 15 is 0 Å². The van der Waals surface area contributed by atoms with Crippen LogP contribution in [0.1, 0.15) is 5.56 Å². The molecule has 9 heteroatoms. The number of anilines is 1. The lowest BCUT2D eigenvalue weighted by Crippen LogP contribution is -2.50. The van der Waals surface area contributed by atoms with Crippen molar-refractivity contribution in [1.82, 2.24) is 0 Å². The average molecular weight is 371 g/mol. The Balaban J connectivity index is 1.75. The lowest BCUT2D eigenvalue weighted by molar-refractivity contribution is -0.385. The first-order chi connectivity index (χ1) is 12.9. The molecule has 0 spiro atoms. The first-order valence-corrected chi connectivity index (χ1v) is 8.10. The van der Waals surface area contributed by atoms with Crippen molar-refractivity contribution in [2.75, 3.05) is 18.1 Å². The number of hydrogen-bond acceptors (Lipinski definition) is 6. The van der Waals surface area contributed by atoms with Crippen LogP contribution in [0.4, 0.5) is 11.4 Å². The van der Waals surface area contributed by atoms with Crippen molar-refractivity contribution in [2.45, 2.75) is 13.0 Å². The van der Waals surface area contributed by atoms with Crippen molar-refractivity contribution in [1.29, 1.82) is 0 Å². The smallest absolute Gasteiger partial charge is 0.272 e. The van der Waals surface area contributed by atoms with Gasteiger partial charge in [-0.05, 0) is 31.2 Å². The minimum absolute atomic E-state index is 0.0200. The second kappa shape index (κ2) is 7.32. The summed E-state index contributed by atoms with van der Waals surface area (Å²) in [6.07, 6.45) is -0.953. The Labute approximate surface area is 154 Å². The van der Waals surface area contributed by atoms with Crippen molar-refractivity contribution in [2.24, 2.45) is 5.73 Å². The van der Waals surface area contributed by atoms with Crippen LogP contribution in [0, 0.1) is 17.0 Å². The van der Waals surface area contributed by atoms with E-state index in [1.807, 2.05) is 0 Å². The van der Waals surface area contributed by atoms with Crippen LogP contribution in [0.3, 0.4) is 0 Å². The third-order valence-electron chi connectivity index (χ3n) is 4.12. The molecule has 1 unspecified atom stereocenters. The van der Waals surface area contributed by atoms with Crippen LogP contribution in [0.2, 0.25) is 0 Å². The molecule has 0 saturated heterocycles. The van der Waals surface area contributed by atoms with Gasteiger partial charge in [0.1, 0.15) is 11.5 Å². The molecule has 2 aromatic carbocycles. The molecule has 0 saturated carbocycles. The second-order valence-electron chi connectivity index (χ2n) is 5.98. The molecule has 0 aliphatic carbocycles. The van der Waals surface area contributed by atoms with E-state index in [9.17, 15) is 19.7 Å². The summed E-state index contributed by atoms with van der Waals surface area (Å²) in [5.74, 6) is -0.353. The molecule has 27 heavy (non-hydrogen) atoms. The fraction of sp³-hybridized carbons (Fsp3) is 0.222. The number of primary amides is 1. The summed E-state index contributed by atoms with van der Waals surface area (Å²) in [5, 5.41) is 10.9. The molecule has 0 bridgehead atoms. The Hall–Kier alpha value is -3.62. The van der Waals surface area contributed by atoms with Gasteiger partial charge in [0.2, 0.25) is 0 Å². The quantitative estimate of drug-likeness (QED) is 0.628. The molecule has 2 aromatic rings. The van der Waals surface area contributed by atoms with Gasteiger partial charge in [-0.1, -0.05) is 12.1 Å². The summed E-state index contributed by atoms with van der Waals surface area (Å²) in [5.41, 5.74) is 6.23. The first-order valence-electron chi connectivity index (χ1n) is 8.10. The number of rotatable bonds is 5. The van der Waals surface area contributed by atoms with Crippen LogP contribution in [-0.2, 0) is 9.59 Å². The van der Waals surface area contributed by atoms with Crippen molar-refractivity contribution in [3.63, 3.8) is 0 Å². The Morgan fingerprint density at radius 1 is 1.33 bits per heavy atom. The monoisotopic (exact) mass is 371 g/mol. The van der Waals surface area contributed by atoms with Crippen LogP contribution in [0.25, 0.3) is 0 Å². The maximum atomic E-state index is 12.6. The third kappa shape index (κ3) is 3.81. The fourth-order valence-electron chi connectivity index (χ4n) is 2.76. The zero-order valence-corrected chi connectivity index (χ0v) is 14.5. The number of nitro groups is 1. The van der Waals surface area contributed by atoms with Crippen LogP contribution in [0.5, 0.6) is 11.5 Å². The van der Waals surface area contributed by atoms with Crippen molar-refractivity contribution in [3.05, 3.63) is 58.1 Å². The molecule has 1 heterocycles. The zero-order valence-electron chi connectivity index (χ0n) is 14.5. The highest BCUT2D eigenvalue weighted by Gasteiger charge is 2.32. The molecular weight excluding hydrogens is 354 g/mol. The van der Waals surface area contributed by atoms with Crippen molar-refractivity contribution < 1.29 is 24.0 Å². The Bertz CT molecular complexity index is 914. The predicted octanol–water partition coefficient (Wildman–Crippen LogP) is 1.56. The number of hydrogen-bond donors (Lipinski definition) is 1. The number of aryl methyl sites for hydroxylation is 1. The van der Waals surface area contributed by atoms with Crippen LogP contribution < -0.4 is 20.1 Å². The van der Waals surface area contributed by atoms with Gasteiger partial charge in [-0.2, -0.15) is 0 Å². The molecule has 0 radical (unpaired) electrons. The van der Waals surface area contributed by atoms with E-state index in [1.54, 1.807) is 31.2 Å². The minimum Gasteiger partial charge on any atom is -0.484 e. The number of carbonyl (C=O) groups is 2. The second-order valence-corrected chi connectivity index (χ2v) is 5.98. The molecule has 140 valence electrons. The summed E-state index contributed by atoms with van der Waals surface area (Å²) in [7, 11) is 0. The minimum atomic E-state index is -0.953. The van der Waals surface area contributed by atoms with Gasteiger partial charge in [0.25, 0.3) is 17.5 Å². The molecular formula is C18H17N3O6. The summed E-state index contributed by atoms with van der Waals surface area (Å²) in [6, 6.07) is 11.0. The summed E-state index contributed by atoms with van der Waals surface area (Å²) in [4.78, 5) is 35.9. The summed E-state index contributed by atoms with van der Waals surface area (Å²) >= 11 is 0. The lowest BCUT2D eigenvalue weighted by atomic mass is 10.1. The van der Waals surface area contributed by atoms with Gasteiger partial charge in [0.15, 0.2) is 12.7 Å². The largest absolute Gasteiger partial charge is 0.484 e. The maximum absolute atomic E-state index is 12.6. The first kappa shape index (κ1) is 18.2. The van der Waals surface area contributed by atoms with E-state index in [0.717, 1.165) is 0 Å². The molecule has 2 N–H and O–H groups in total. The van der Waals surface area contributed by atoms with Crippen molar-refractivity contribution >= 4 is 23.2 Å². The highest BCUT2D eigenvalue weighted by atomic mass is 16.6. The highest BCUT2D eigenvalue weighted by molar-refractivity contribution is 5.98. The van der Waals surface area contributed by atoms with Gasteiger partial charge in [0.05, 0.1) is 17.2 Å². The van der Waals surface area contributed by atoms with Crippen LogP contribution >= 0.6 is 0 Å².